The number of ether oxygens (including phenoxy) is 1. The Bertz CT molecular complexity index is 1460. The lowest BCUT2D eigenvalue weighted by Gasteiger charge is -2.39. The van der Waals surface area contributed by atoms with Crippen molar-refractivity contribution in [3.8, 4) is 16.9 Å². The first-order chi connectivity index (χ1) is 17.3. The van der Waals surface area contributed by atoms with E-state index in [9.17, 15) is 9.90 Å². The molecule has 0 saturated carbocycles. The SMILES string of the molecule is C[C@@H]1COc2c(-c3ccc4c(c3)CCN4Cc3cnc(N)nc3N)c(F)cc3c2N1C=C(C(=O)O)C3. The maximum atomic E-state index is 15.6. The second-order valence-corrected chi connectivity index (χ2v) is 9.43. The molecule has 3 aliphatic rings. The summed E-state index contributed by atoms with van der Waals surface area (Å²) in [4.78, 5) is 23.8. The van der Waals surface area contributed by atoms with Crippen LogP contribution in [0.25, 0.3) is 11.1 Å². The van der Waals surface area contributed by atoms with E-state index in [0.29, 0.717) is 35.8 Å². The van der Waals surface area contributed by atoms with Gasteiger partial charge in [-0.3, -0.25) is 0 Å². The molecule has 0 aliphatic carbocycles. The van der Waals surface area contributed by atoms with Crippen LogP contribution in [0, 0.1) is 5.82 Å². The minimum absolute atomic E-state index is 0.0671. The van der Waals surface area contributed by atoms with Crippen molar-refractivity contribution in [2.24, 2.45) is 0 Å². The summed E-state index contributed by atoms with van der Waals surface area (Å²) < 4.78 is 21.6. The largest absolute Gasteiger partial charge is 0.488 e. The van der Waals surface area contributed by atoms with Crippen molar-refractivity contribution in [3.63, 3.8) is 0 Å². The Labute approximate surface area is 206 Å². The third kappa shape index (κ3) is 3.48. The van der Waals surface area contributed by atoms with Gasteiger partial charge in [0.15, 0.2) is 5.75 Å². The van der Waals surface area contributed by atoms with Crippen molar-refractivity contribution in [2.75, 3.05) is 34.4 Å². The highest BCUT2D eigenvalue weighted by atomic mass is 19.1. The predicted octanol–water partition coefficient (Wildman–Crippen LogP) is 3.12. The smallest absolute Gasteiger partial charge is 0.333 e. The number of rotatable bonds is 4. The number of fused-ring (bicyclic) bond motifs is 1. The molecule has 0 fully saturated rings. The molecule has 1 aromatic heterocycles. The Morgan fingerprint density at radius 3 is 2.89 bits per heavy atom. The van der Waals surface area contributed by atoms with Crippen LogP contribution >= 0.6 is 0 Å². The monoisotopic (exact) mass is 488 g/mol. The van der Waals surface area contributed by atoms with E-state index in [1.165, 1.54) is 6.07 Å². The number of benzene rings is 2. The standard InChI is InChI=1S/C26H25FN6O3/c1-13-12-36-23-21(19(27)8-16-7-17(25(34)35)11-33(13)22(16)23)15-2-3-20-14(6-15)4-5-32(20)10-18-9-30-26(29)31-24(18)28/h2-3,6,8-9,11,13H,4-5,7,10,12H2,1H3,(H,34,35)(H4,28,29,30,31)/t13-/m1/s1. The summed E-state index contributed by atoms with van der Waals surface area (Å²) >= 11 is 0. The third-order valence-corrected chi connectivity index (χ3v) is 7.08. The first-order valence-corrected chi connectivity index (χ1v) is 11.8. The fourth-order valence-corrected chi connectivity index (χ4v) is 5.29. The van der Waals surface area contributed by atoms with Crippen LogP contribution in [0.15, 0.2) is 42.2 Å². The van der Waals surface area contributed by atoms with Gasteiger partial charge in [-0.05, 0) is 48.2 Å². The molecule has 9 nitrogen and oxygen atoms in total. The van der Waals surface area contributed by atoms with Gasteiger partial charge in [0.25, 0.3) is 0 Å². The molecule has 2 aromatic carbocycles. The van der Waals surface area contributed by atoms with E-state index in [1.54, 1.807) is 12.4 Å². The van der Waals surface area contributed by atoms with E-state index in [0.717, 1.165) is 41.0 Å². The maximum absolute atomic E-state index is 15.6. The molecule has 4 heterocycles. The number of hydrogen-bond donors (Lipinski definition) is 3. The average molecular weight is 489 g/mol. The molecule has 184 valence electrons. The topological polar surface area (TPSA) is 131 Å². The van der Waals surface area contributed by atoms with E-state index in [4.69, 9.17) is 16.2 Å². The number of carboxylic acid groups (broad SMARTS) is 1. The number of aliphatic carboxylic acids is 1. The highest BCUT2D eigenvalue weighted by Crippen LogP contribution is 2.49. The van der Waals surface area contributed by atoms with Crippen molar-refractivity contribution < 1.29 is 19.0 Å². The van der Waals surface area contributed by atoms with Gasteiger partial charge in [0.05, 0.1) is 22.9 Å². The summed E-state index contributed by atoms with van der Waals surface area (Å²) in [5.74, 6) is -0.458. The number of hydrogen-bond acceptors (Lipinski definition) is 8. The third-order valence-electron chi connectivity index (χ3n) is 7.08. The maximum Gasteiger partial charge on any atom is 0.333 e. The lowest BCUT2D eigenvalue weighted by molar-refractivity contribution is -0.132. The molecule has 0 amide bonds. The van der Waals surface area contributed by atoms with Gasteiger partial charge in [-0.15, -0.1) is 0 Å². The lowest BCUT2D eigenvalue weighted by atomic mass is 9.91. The minimum atomic E-state index is -0.999. The fourth-order valence-electron chi connectivity index (χ4n) is 5.29. The molecule has 36 heavy (non-hydrogen) atoms. The Morgan fingerprint density at radius 1 is 1.28 bits per heavy atom. The van der Waals surface area contributed by atoms with E-state index < -0.39 is 11.8 Å². The minimum Gasteiger partial charge on any atom is -0.488 e. The second-order valence-electron chi connectivity index (χ2n) is 9.43. The van der Waals surface area contributed by atoms with Crippen molar-refractivity contribution in [3.05, 3.63) is 64.7 Å². The van der Waals surface area contributed by atoms with Crippen LogP contribution in [-0.4, -0.2) is 40.2 Å². The van der Waals surface area contributed by atoms with Gasteiger partial charge < -0.3 is 31.1 Å². The van der Waals surface area contributed by atoms with Crippen LogP contribution in [-0.2, 0) is 24.2 Å². The predicted molar refractivity (Wildman–Crippen MR) is 134 cm³/mol. The van der Waals surface area contributed by atoms with E-state index in [1.807, 2.05) is 30.0 Å². The number of aromatic nitrogens is 2. The number of nitrogens with zero attached hydrogens (tertiary/aromatic N) is 4. The van der Waals surface area contributed by atoms with Gasteiger partial charge in [-0.1, -0.05) is 6.07 Å². The fraction of sp³-hybridized carbons (Fsp3) is 0.269. The molecule has 10 heteroatoms. The van der Waals surface area contributed by atoms with Gasteiger partial charge >= 0.3 is 5.97 Å². The van der Waals surface area contributed by atoms with Crippen molar-refractivity contribution in [1.29, 1.82) is 0 Å². The molecule has 1 atom stereocenters. The van der Waals surface area contributed by atoms with Crippen LogP contribution in [0.2, 0.25) is 0 Å². The first-order valence-electron chi connectivity index (χ1n) is 11.8. The molecule has 3 aromatic rings. The summed E-state index contributed by atoms with van der Waals surface area (Å²) in [7, 11) is 0. The molecule has 0 saturated heterocycles. The number of nitrogens with two attached hydrogens (primary N) is 2. The van der Waals surface area contributed by atoms with Crippen LogP contribution < -0.4 is 26.0 Å². The Kier molecular flexibility index (Phi) is 4.99. The Hall–Kier alpha value is -4.34. The van der Waals surface area contributed by atoms with Crippen LogP contribution in [0.3, 0.4) is 0 Å². The molecule has 0 radical (unpaired) electrons. The van der Waals surface area contributed by atoms with Gasteiger partial charge in [0, 0.05) is 43.2 Å². The van der Waals surface area contributed by atoms with Crippen molar-refractivity contribution >= 4 is 29.1 Å². The number of anilines is 4. The summed E-state index contributed by atoms with van der Waals surface area (Å²) in [6.45, 7) is 3.62. The molecule has 0 spiro atoms. The molecular weight excluding hydrogens is 463 g/mol. The molecule has 3 aliphatic heterocycles. The Morgan fingerprint density at radius 2 is 2.11 bits per heavy atom. The van der Waals surface area contributed by atoms with Gasteiger partial charge in [0.2, 0.25) is 5.95 Å². The number of nitrogen functional groups attached to an aromatic ring is 2. The molecule has 5 N–H and O–H groups in total. The van der Waals surface area contributed by atoms with Gasteiger partial charge in [-0.25, -0.2) is 14.2 Å². The zero-order valence-electron chi connectivity index (χ0n) is 19.7. The van der Waals surface area contributed by atoms with Crippen molar-refractivity contribution in [2.45, 2.75) is 32.4 Å². The highest BCUT2D eigenvalue weighted by molar-refractivity contribution is 5.92. The number of carbonyl (C=O) groups is 1. The summed E-state index contributed by atoms with van der Waals surface area (Å²) in [5, 5.41) is 9.54. The zero-order chi connectivity index (χ0) is 25.1. The Balaban J connectivity index is 1.37. The van der Waals surface area contributed by atoms with E-state index in [2.05, 4.69) is 14.9 Å². The number of halogens is 1. The van der Waals surface area contributed by atoms with E-state index in [-0.39, 0.29) is 24.0 Å². The van der Waals surface area contributed by atoms with Gasteiger partial charge in [-0.2, -0.15) is 4.98 Å². The average Bonchev–Trinajstić information content (AvgIpc) is 3.24. The quantitative estimate of drug-likeness (QED) is 0.507. The summed E-state index contributed by atoms with van der Waals surface area (Å²) in [6.07, 6.45) is 4.25. The summed E-state index contributed by atoms with van der Waals surface area (Å²) in [6, 6.07) is 7.27. The van der Waals surface area contributed by atoms with Crippen LogP contribution in [0.1, 0.15) is 23.6 Å². The lowest BCUT2D eigenvalue weighted by Crippen LogP contribution is -2.40. The molecular formula is C26H25FN6O3. The normalized spacial score (nSPS) is 17.8. The number of carboxylic acids is 1. The second kappa shape index (κ2) is 8.11. The summed E-state index contributed by atoms with van der Waals surface area (Å²) in [5.41, 5.74) is 17.3. The zero-order valence-corrected chi connectivity index (χ0v) is 19.7. The molecule has 0 unspecified atom stereocenters. The first kappa shape index (κ1) is 22.1. The van der Waals surface area contributed by atoms with Crippen molar-refractivity contribution in [1.82, 2.24) is 9.97 Å². The highest BCUT2D eigenvalue weighted by Gasteiger charge is 2.35. The molecule has 6 rings (SSSR count). The van der Waals surface area contributed by atoms with Gasteiger partial charge in [0.1, 0.15) is 18.2 Å². The van der Waals surface area contributed by atoms with Crippen LogP contribution in [0.5, 0.6) is 5.75 Å². The van der Waals surface area contributed by atoms with Crippen LogP contribution in [0.4, 0.5) is 27.5 Å². The van der Waals surface area contributed by atoms with E-state index >= 15 is 4.39 Å². The molecule has 0 bridgehead atoms.